The summed E-state index contributed by atoms with van der Waals surface area (Å²) in [4.78, 5) is 0. The van der Waals surface area contributed by atoms with Crippen molar-refractivity contribution in [2.24, 2.45) is 27.1 Å². The van der Waals surface area contributed by atoms with Gasteiger partial charge in [-0.25, -0.2) is 0 Å². The first-order valence-electron chi connectivity index (χ1n) is 41.4. The van der Waals surface area contributed by atoms with Crippen LogP contribution in [0, 0.1) is 34.0 Å². The molecule has 0 radical (unpaired) electrons. The molecule has 0 saturated heterocycles. The molecule has 0 aromatic heterocycles. The lowest BCUT2D eigenvalue weighted by Crippen LogP contribution is -2.11. The van der Waals surface area contributed by atoms with Crippen molar-refractivity contribution in [3.63, 3.8) is 0 Å². The van der Waals surface area contributed by atoms with Crippen LogP contribution in [0.4, 0.5) is 0 Å². The van der Waals surface area contributed by atoms with E-state index in [9.17, 15) is 0 Å². The number of benzene rings is 11. The van der Waals surface area contributed by atoms with Gasteiger partial charge in [-0.05, 0) is 236 Å². The van der Waals surface area contributed by atoms with Gasteiger partial charge < -0.3 is 14.2 Å². The number of hydrogen-bond donors (Lipinski definition) is 0. The third-order valence-corrected chi connectivity index (χ3v) is 18.8. The molecule has 2 atom stereocenters. The smallest absolute Gasteiger partial charge is 0.127 e. The summed E-state index contributed by atoms with van der Waals surface area (Å²) in [7, 11) is 3.42. The van der Waals surface area contributed by atoms with E-state index in [4.69, 9.17) is 14.2 Å². The van der Waals surface area contributed by atoms with Crippen molar-refractivity contribution < 1.29 is 14.2 Å². The molecule has 0 aliphatic heterocycles. The highest BCUT2D eigenvalue weighted by Gasteiger charge is 2.21. The largest absolute Gasteiger partial charge is 0.496 e. The summed E-state index contributed by atoms with van der Waals surface area (Å²) in [6.45, 7) is 48.6. The summed E-state index contributed by atoms with van der Waals surface area (Å²) in [6.07, 6.45) is 13.5. The monoisotopic (exact) mass is 1500 g/mol. The molecule has 0 fully saturated rings. The fourth-order valence-corrected chi connectivity index (χ4v) is 14.0. The lowest BCUT2D eigenvalue weighted by molar-refractivity contribution is 0.355. The number of hydrogen-bond acceptors (Lipinski definition) is 3. The van der Waals surface area contributed by atoms with Crippen molar-refractivity contribution in [3.8, 4) is 56.4 Å². The zero-order chi connectivity index (χ0) is 81.6. The van der Waals surface area contributed by atoms with Crippen LogP contribution >= 0.6 is 0 Å². The number of methoxy groups -OCH3 is 2. The van der Waals surface area contributed by atoms with Crippen molar-refractivity contribution in [3.05, 3.63) is 335 Å². The second-order valence-corrected chi connectivity index (χ2v) is 35.5. The molecule has 3 heteroatoms. The summed E-state index contributed by atoms with van der Waals surface area (Å²) in [5.74, 6) is 5.19. The van der Waals surface area contributed by atoms with Crippen LogP contribution < -0.4 is 14.2 Å². The lowest BCUT2D eigenvalue weighted by atomic mass is 9.84. The van der Waals surface area contributed by atoms with Gasteiger partial charge in [-0.1, -0.05) is 395 Å². The molecule has 0 heterocycles. The average Bonchev–Trinajstić information content (AvgIpc) is 0.824. The summed E-state index contributed by atoms with van der Waals surface area (Å²) < 4.78 is 16.6. The Kier molecular flexibility index (Phi) is 40.8. The molecule has 0 saturated carbocycles. The highest BCUT2D eigenvalue weighted by Crippen LogP contribution is 2.37. The zero-order valence-electron chi connectivity index (χ0n) is 73.2. The maximum absolute atomic E-state index is 5.76. The maximum Gasteiger partial charge on any atom is 0.127 e. The summed E-state index contributed by atoms with van der Waals surface area (Å²) in [5, 5.41) is 0. The number of ether oxygens (including phenoxy) is 3. The minimum absolute atomic E-state index is 0. The van der Waals surface area contributed by atoms with E-state index in [0.29, 0.717) is 21.7 Å². The van der Waals surface area contributed by atoms with Crippen molar-refractivity contribution >= 4 is 0 Å². The Morgan fingerprint density at radius 3 is 1.07 bits per heavy atom. The first-order valence-corrected chi connectivity index (χ1v) is 41.4. The van der Waals surface area contributed by atoms with E-state index in [1.54, 1.807) is 36.5 Å². The van der Waals surface area contributed by atoms with Crippen molar-refractivity contribution in [2.75, 3.05) is 14.2 Å². The highest BCUT2D eigenvalue weighted by atomic mass is 16.5. The van der Waals surface area contributed by atoms with E-state index in [0.717, 1.165) is 78.1 Å². The molecule has 112 heavy (non-hydrogen) atoms. The SMILES string of the molecule is C.CC.CC.CC(C)(C)Cc1ccc(-c2ccccc2)cc1.CC(C)(C)Cc1ccc(Oc2ccccc2)cc1.CC(C)(C)Cc1cccc(-c2ccccc2)c1.CC(C)(C)Cc1ccccc1-c1ccccc1.COc1cc(C)cc(OC)c1CC(C)(C)C.C[C@@H]1CCCc2ccccc21.C[C@H]1CCCc2ccccc21. The molecule has 0 amide bonds. The van der Waals surface area contributed by atoms with Gasteiger partial charge in [0.05, 0.1) is 14.2 Å². The molecule has 0 bridgehead atoms. The first-order chi connectivity index (χ1) is 52.8. The minimum Gasteiger partial charge on any atom is -0.496 e. The second kappa shape index (κ2) is 48.0. The first kappa shape index (κ1) is 95.2. The fourth-order valence-electron chi connectivity index (χ4n) is 14.0. The molecule has 2 aliphatic carbocycles. The summed E-state index contributed by atoms with van der Waals surface area (Å²) in [5.41, 5.74) is 23.7. The van der Waals surface area contributed by atoms with Gasteiger partial charge in [-0.15, -0.1) is 0 Å². The van der Waals surface area contributed by atoms with Gasteiger partial charge in [0, 0.05) is 5.56 Å². The fraction of sp³-hybridized carbons (Fsp3) is 0.394. The Morgan fingerprint density at radius 1 is 0.312 bits per heavy atom. The van der Waals surface area contributed by atoms with Gasteiger partial charge in [0.1, 0.15) is 23.0 Å². The molecule has 600 valence electrons. The van der Waals surface area contributed by atoms with E-state index < -0.39 is 0 Å². The molecular weight excluding hydrogens is 1360 g/mol. The van der Waals surface area contributed by atoms with Crippen LogP contribution in [0.25, 0.3) is 33.4 Å². The normalized spacial score (nSPS) is 13.2. The molecular formula is C109H146O3. The van der Waals surface area contributed by atoms with Gasteiger partial charge >= 0.3 is 0 Å². The molecule has 0 unspecified atom stereocenters. The van der Waals surface area contributed by atoms with Crippen LogP contribution in [0.2, 0.25) is 0 Å². The Labute approximate surface area is 684 Å². The molecule has 3 nitrogen and oxygen atoms in total. The van der Waals surface area contributed by atoms with Gasteiger partial charge in [-0.3, -0.25) is 0 Å². The lowest BCUT2D eigenvalue weighted by Gasteiger charge is -2.22. The molecule has 2 aliphatic rings. The topological polar surface area (TPSA) is 27.7 Å². The van der Waals surface area contributed by atoms with Crippen LogP contribution in [0.5, 0.6) is 23.0 Å². The van der Waals surface area contributed by atoms with E-state index in [1.807, 2.05) is 77.1 Å². The standard InChI is InChI=1S/C17H20O.3C17H20.C14H22O2.2C11H14.2C2H6.CH4/c1-17(2,3)13-14-9-11-16(12-10-14)18-15-7-5-4-6-8-15;1-17(2,3)13-14-8-7-11-16(12-14)15-9-5-4-6-10-15;1-17(2,3)13-15-11-7-8-12-16(15)14-9-5-4-6-10-14;1-17(2,3)13-14-9-11-16(12-10-14)15-7-5-4-6-8-15;1-10-7-12(15-5)11(9-14(2,3)4)13(8-10)16-6;2*1-9-5-4-7-10-6-2-3-8-11(9)10;2*1-2;/h4-12H,13H2,1-3H3;3*4-12H,13H2,1-3H3;7-8H,9H2,1-6H3;2*2-3,6,8-9H,4-5,7H2,1H3;2*1-2H3;1H4/t;;;;;2*9-;;;/m.....10.../s1. The Bertz CT molecular complexity index is 4240. The predicted molar refractivity (Wildman–Crippen MR) is 494 cm³/mol. The van der Waals surface area contributed by atoms with Gasteiger partial charge in [0.15, 0.2) is 0 Å². The van der Waals surface area contributed by atoms with Gasteiger partial charge in [-0.2, -0.15) is 0 Å². The van der Waals surface area contributed by atoms with E-state index >= 15 is 0 Å². The maximum atomic E-state index is 5.76. The van der Waals surface area contributed by atoms with Gasteiger partial charge in [0.2, 0.25) is 0 Å². The zero-order valence-corrected chi connectivity index (χ0v) is 73.2. The van der Waals surface area contributed by atoms with Crippen LogP contribution in [-0.4, -0.2) is 14.2 Å². The van der Waals surface area contributed by atoms with Crippen molar-refractivity contribution in [1.29, 1.82) is 0 Å². The van der Waals surface area contributed by atoms with Crippen LogP contribution in [0.1, 0.15) is 246 Å². The van der Waals surface area contributed by atoms with Crippen molar-refractivity contribution in [2.45, 2.75) is 242 Å². The number of para-hydroxylation sites is 1. The number of aryl methyl sites for hydroxylation is 3. The third-order valence-electron chi connectivity index (χ3n) is 18.8. The molecule has 11 aromatic carbocycles. The summed E-state index contributed by atoms with van der Waals surface area (Å²) in [6, 6.07) is 98.2. The van der Waals surface area contributed by atoms with Crippen LogP contribution in [0.3, 0.4) is 0 Å². The second-order valence-electron chi connectivity index (χ2n) is 35.5. The predicted octanol–water partition coefficient (Wildman–Crippen LogP) is 32.4. The van der Waals surface area contributed by atoms with E-state index in [1.165, 1.54) is 94.2 Å². The Hall–Kier alpha value is -9.18. The van der Waals surface area contributed by atoms with Crippen LogP contribution in [0.15, 0.2) is 279 Å². The average molecular weight is 1500 g/mol. The number of fused-ring (bicyclic) bond motifs is 2. The summed E-state index contributed by atoms with van der Waals surface area (Å²) >= 11 is 0. The molecule has 0 spiro atoms. The molecule has 13 rings (SSSR count). The Morgan fingerprint density at radius 2 is 0.652 bits per heavy atom. The molecule has 11 aromatic rings. The van der Waals surface area contributed by atoms with Crippen molar-refractivity contribution in [1.82, 2.24) is 0 Å². The molecule has 0 N–H and O–H groups in total. The Balaban J connectivity index is 0.000000274. The van der Waals surface area contributed by atoms with E-state index in [-0.39, 0.29) is 12.8 Å². The van der Waals surface area contributed by atoms with Crippen LogP contribution in [-0.2, 0) is 44.9 Å². The third kappa shape index (κ3) is 36.1. The number of rotatable bonds is 12. The van der Waals surface area contributed by atoms with E-state index in [2.05, 4.69) is 354 Å². The quantitative estimate of drug-likeness (QED) is 0.122. The highest BCUT2D eigenvalue weighted by molar-refractivity contribution is 5.68. The van der Waals surface area contributed by atoms with Gasteiger partial charge in [0.25, 0.3) is 0 Å². The minimum atomic E-state index is 0.